The maximum absolute atomic E-state index is 14.8. The largest absolute Gasteiger partial charge is 0.422 e. The van der Waals surface area contributed by atoms with Crippen molar-refractivity contribution in [3.8, 4) is 11.1 Å². The summed E-state index contributed by atoms with van der Waals surface area (Å²) in [4.78, 5) is 11.8. The first kappa shape index (κ1) is 15.5. The third-order valence-corrected chi connectivity index (χ3v) is 4.42. The van der Waals surface area contributed by atoms with Crippen LogP contribution in [-0.2, 0) is 0 Å². The molecule has 3 aromatic carbocycles. The molecule has 25 heavy (non-hydrogen) atoms. The van der Waals surface area contributed by atoms with Crippen LogP contribution in [0.4, 0.5) is 8.78 Å². The van der Waals surface area contributed by atoms with Gasteiger partial charge in [0.15, 0.2) is 11.6 Å². The summed E-state index contributed by atoms with van der Waals surface area (Å²) in [5.74, 6) is -1.96. The van der Waals surface area contributed by atoms with Crippen LogP contribution in [0.1, 0.15) is 11.1 Å². The van der Waals surface area contributed by atoms with E-state index in [-0.39, 0.29) is 16.5 Å². The van der Waals surface area contributed by atoms with Gasteiger partial charge in [-0.1, -0.05) is 42.0 Å². The van der Waals surface area contributed by atoms with Gasteiger partial charge in [-0.25, -0.2) is 13.6 Å². The van der Waals surface area contributed by atoms with E-state index >= 15 is 0 Å². The third-order valence-electron chi connectivity index (χ3n) is 4.42. The normalized spacial score (nSPS) is 11.4. The summed E-state index contributed by atoms with van der Waals surface area (Å²) in [6.07, 6.45) is 0. The summed E-state index contributed by atoms with van der Waals surface area (Å²) < 4.78 is 34.8. The molecule has 0 aliphatic rings. The van der Waals surface area contributed by atoms with E-state index in [0.29, 0.717) is 21.9 Å². The summed E-state index contributed by atoms with van der Waals surface area (Å²) in [6, 6.07) is 13.8. The van der Waals surface area contributed by atoms with Crippen LogP contribution >= 0.6 is 0 Å². The summed E-state index contributed by atoms with van der Waals surface area (Å²) in [5, 5.41) is 1.03. The van der Waals surface area contributed by atoms with E-state index in [4.69, 9.17) is 4.42 Å². The maximum Gasteiger partial charge on any atom is 0.339 e. The van der Waals surface area contributed by atoms with Crippen molar-refractivity contribution < 1.29 is 13.2 Å². The van der Waals surface area contributed by atoms with Gasteiger partial charge in [0.25, 0.3) is 0 Å². The number of hydrogen-bond donors (Lipinski definition) is 0. The van der Waals surface area contributed by atoms with E-state index in [1.807, 2.05) is 19.1 Å². The maximum atomic E-state index is 14.8. The standard InChI is InChI=1S/C21H14F2O2/c1-11-3-5-13(6-4-11)16-10-14-7-8-15-9-12(2)21(24)25-20(15)17(14)19(23)18(16)22/h3-10H,1-2H3. The van der Waals surface area contributed by atoms with Crippen molar-refractivity contribution in [2.45, 2.75) is 13.8 Å². The SMILES string of the molecule is Cc1ccc(-c2cc3ccc4cc(C)c(=O)oc4c3c(F)c2F)cc1. The lowest BCUT2D eigenvalue weighted by atomic mass is 9.98. The lowest BCUT2D eigenvalue weighted by molar-refractivity contribution is 0.515. The molecule has 124 valence electrons. The molecule has 0 bridgehead atoms. The van der Waals surface area contributed by atoms with Gasteiger partial charge >= 0.3 is 5.63 Å². The third kappa shape index (κ3) is 2.41. The summed E-state index contributed by atoms with van der Waals surface area (Å²) in [5.41, 5.74) is 1.74. The molecule has 0 fully saturated rings. The van der Waals surface area contributed by atoms with Crippen LogP contribution in [0, 0.1) is 25.5 Å². The quantitative estimate of drug-likeness (QED) is 0.339. The Labute approximate surface area is 142 Å². The Kier molecular flexibility index (Phi) is 3.42. The van der Waals surface area contributed by atoms with Gasteiger partial charge in [-0.3, -0.25) is 0 Å². The second-order valence-electron chi connectivity index (χ2n) is 6.22. The summed E-state index contributed by atoms with van der Waals surface area (Å²) >= 11 is 0. The van der Waals surface area contributed by atoms with E-state index in [0.717, 1.165) is 5.56 Å². The number of hydrogen-bond acceptors (Lipinski definition) is 2. The molecule has 2 nitrogen and oxygen atoms in total. The van der Waals surface area contributed by atoms with Gasteiger partial charge in [-0.15, -0.1) is 0 Å². The van der Waals surface area contributed by atoms with Crippen molar-refractivity contribution in [2.75, 3.05) is 0 Å². The van der Waals surface area contributed by atoms with Crippen LogP contribution < -0.4 is 5.63 Å². The molecule has 0 N–H and O–H groups in total. The van der Waals surface area contributed by atoms with Gasteiger partial charge in [0.1, 0.15) is 5.58 Å². The molecule has 1 aromatic heterocycles. The first-order valence-electron chi connectivity index (χ1n) is 7.88. The van der Waals surface area contributed by atoms with E-state index in [2.05, 4.69) is 0 Å². The molecule has 0 unspecified atom stereocenters. The molecule has 0 saturated carbocycles. The fraction of sp³-hybridized carbons (Fsp3) is 0.0952. The predicted octanol–water partition coefficient (Wildman–Crippen LogP) is 5.51. The molecule has 0 spiro atoms. The zero-order valence-corrected chi connectivity index (χ0v) is 13.7. The lowest BCUT2D eigenvalue weighted by Crippen LogP contribution is -2.03. The molecule has 0 atom stereocenters. The highest BCUT2D eigenvalue weighted by Gasteiger charge is 2.18. The van der Waals surface area contributed by atoms with Crippen LogP contribution in [0.5, 0.6) is 0 Å². The number of fused-ring (bicyclic) bond motifs is 3. The van der Waals surface area contributed by atoms with Crippen molar-refractivity contribution in [3.63, 3.8) is 0 Å². The second kappa shape index (κ2) is 5.52. The Hall–Kier alpha value is -3.01. The second-order valence-corrected chi connectivity index (χ2v) is 6.22. The molecule has 4 rings (SSSR count). The number of benzene rings is 3. The van der Waals surface area contributed by atoms with Crippen LogP contribution in [0.25, 0.3) is 32.9 Å². The van der Waals surface area contributed by atoms with Crippen molar-refractivity contribution >= 4 is 21.7 Å². The van der Waals surface area contributed by atoms with E-state index in [1.54, 1.807) is 43.3 Å². The highest BCUT2D eigenvalue weighted by Crippen LogP contribution is 2.34. The number of rotatable bonds is 1. The molecule has 0 aliphatic heterocycles. The summed E-state index contributed by atoms with van der Waals surface area (Å²) in [6.45, 7) is 3.55. The minimum absolute atomic E-state index is 0.0111. The van der Waals surface area contributed by atoms with Crippen molar-refractivity contribution in [1.29, 1.82) is 0 Å². The zero-order chi connectivity index (χ0) is 17.7. The molecule has 0 saturated heterocycles. The van der Waals surface area contributed by atoms with E-state index in [1.165, 1.54) is 0 Å². The molecule has 0 amide bonds. The van der Waals surface area contributed by atoms with Crippen molar-refractivity contribution in [3.05, 3.63) is 81.7 Å². The minimum Gasteiger partial charge on any atom is -0.422 e. The van der Waals surface area contributed by atoms with E-state index in [9.17, 15) is 13.6 Å². The fourth-order valence-corrected chi connectivity index (χ4v) is 3.04. The Balaban J connectivity index is 2.09. The van der Waals surface area contributed by atoms with E-state index < -0.39 is 17.3 Å². The van der Waals surface area contributed by atoms with Gasteiger partial charge in [0.05, 0.1) is 5.39 Å². The number of halogens is 2. The Morgan fingerprint density at radius 1 is 0.840 bits per heavy atom. The topological polar surface area (TPSA) is 30.2 Å². The van der Waals surface area contributed by atoms with Gasteiger partial charge < -0.3 is 4.42 Å². The first-order valence-corrected chi connectivity index (χ1v) is 7.88. The van der Waals surface area contributed by atoms with Crippen LogP contribution in [0.2, 0.25) is 0 Å². The van der Waals surface area contributed by atoms with Crippen LogP contribution in [-0.4, -0.2) is 0 Å². The highest BCUT2D eigenvalue weighted by atomic mass is 19.2. The molecule has 4 aromatic rings. The smallest absolute Gasteiger partial charge is 0.339 e. The number of aryl methyl sites for hydroxylation is 2. The first-order chi connectivity index (χ1) is 12.0. The van der Waals surface area contributed by atoms with Gasteiger partial charge in [0, 0.05) is 16.5 Å². The van der Waals surface area contributed by atoms with Crippen LogP contribution in [0.3, 0.4) is 0 Å². The molecule has 1 heterocycles. The molecular weight excluding hydrogens is 322 g/mol. The summed E-state index contributed by atoms with van der Waals surface area (Å²) in [7, 11) is 0. The molecule has 0 aliphatic carbocycles. The Bertz CT molecular complexity index is 1190. The monoisotopic (exact) mass is 336 g/mol. The van der Waals surface area contributed by atoms with Gasteiger partial charge in [-0.2, -0.15) is 0 Å². The van der Waals surface area contributed by atoms with Crippen molar-refractivity contribution in [1.82, 2.24) is 0 Å². The van der Waals surface area contributed by atoms with Gasteiger partial charge in [-0.05, 0) is 36.9 Å². The molecule has 0 radical (unpaired) electrons. The van der Waals surface area contributed by atoms with Crippen molar-refractivity contribution in [2.24, 2.45) is 0 Å². The molecule has 4 heteroatoms. The Morgan fingerprint density at radius 3 is 2.24 bits per heavy atom. The Morgan fingerprint density at radius 2 is 1.52 bits per heavy atom. The van der Waals surface area contributed by atoms with Gasteiger partial charge in [0.2, 0.25) is 0 Å². The minimum atomic E-state index is -1.01. The molecular formula is C21H14F2O2. The predicted molar refractivity (Wildman–Crippen MR) is 94.8 cm³/mol. The lowest BCUT2D eigenvalue weighted by Gasteiger charge is -2.10. The fourth-order valence-electron chi connectivity index (χ4n) is 3.04. The highest BCUT2D eigenvalue weighted by molar-refractivity contribution is 6.05. The zero-order valence-electron chi connectivity index (χ0n) is 13.7. The average Bonchev–Trinajstić information content (AvgIpc) is 2.59. The van der Waals surface area contributed by atoms with Crippen LogP contribution in [0.15, 0.2) is 57.7 Å². The average molecular weight is 336 g/mol.